The summed E-state index contributed by atoms with van der Waals surface area (Å²) in [5.74, 6) is -0.251. The van der Waals surface area contributed by atoms with Gasteiger partial charge in [0.1, 0.15) is 11.6 Å². The summed E-state index contributed by atoms with van der Waals surface area (Å²) in [6.07, 6.45) is 0.156. The first-order chi connectivity index (χ1) is 11.3. The van der Waals surface area contributed by atoms with E-state index < -0.39 is 11.7 Å². The molecule has 0 aliphatic carbocycles. The maximum atomic E-state index is 12.1. The number of amides is 1. The second-order valence-corrected chi connectivity index (χ2v) is 6.96. The average molecular weight is 334 g/mol. The maximum absolute atomic E-state index is 12.1. The number of esters is 1. The van der Waals surface area contributed by atoms with Crippen LogP contribution < -0.4 is 5.32 Å². The highest BCUT2D eigenvalue weighted by Gasteiger charge is 2.43. The van der Waals surface area contributed by atoms with Gasteiger partial charge >= 0.3 is 12.1 Å². The molecule has 1 amide bonds. The van der Waals surface area contributed by atoms with Crippen LogP contribution in [0, 0.1) is 0 Å². The molecule has 1 saturated heterocycles. The molecule has 2 unspecified atom stereocenters. The zero-order chi connectivity index (χ0) is 17.7. The minimum atomic E-state index is -0.519. The number of nitrogens with one attached hydrogen (secondary N) is 1. The predicted molar refractivity (Wildman–Crippen MR) is 90.7 cm³/mol. The summed E-state index contributed by atoms with van der Waals surface area (Å²) < 4.78 is 10.1. The fraction of sp³-hybridized carbons (Fsp3) is 0.556. The fourth-order valence-corrected chi connectivity index (χ4v) is 2.58. The summed E-state index contributed by atoms with van der Waals surface area (Å²) in [4.78, 5) is 25.8. The summed E-state index contributed by atoms with van der Waals surface area (Å²) in [5, 5.41) is 2.75. The van der Waals surface area contributed by atoms with Crippen LogP contribution in [0.4, 0.5) is 4.79 Å². The quantitative estimate of drug-likeness (QED) is 0.636. The SMILES string of the molecule is COC(=O)[C@H](Cc1ccccc1)N1CC1CNC(=O)OC(C)(C)C. The van der Waals surface area contributed by atoms with E-state index in [-0.39, 0.29) is 18.1 Å². The lowest BCUT2D eigenvalue weighted by Crippen LogP contribution is -2.38. The van der Waals surface area contributed by atoms with E-state index in [1.54, 1.807) is 0 Å². The number of carbonyl (C=O) groups excluding carboxylic acids is 2. The Morgan fingerprint density at radius 2 is 1.96 bits per heavy atom. The minimum absolute atomic E-state index is 0.130. The third kappa shape index (κ3) is 5.53. The molecule has 1 aromatic carbocycles. The van der Waals surface area contributed by atoms with E-state index >= 15 is 0 Å². The van der Waals surface area contributed by atoms with Crippen LogP contribution in [0.15, 0.2) is 30.3 Å². The molecule has 0 spiro atoms. The summed E-state index contributed by atoms with van der Waals surface area (Å²) >= 11 is 0. The van der Waals surface area contributed by atoms with Crippen molar-refractivity contribution >= 4 is 12.1 Å². The summed E-state index contributed by atoms with van der Waals surface area (Å²) in [6, 6.07) is 9.64. The molecule has 2 rings (SSSR count). The first-order valence-electron chi connectivity index (χ1n) is 8.14. The zero-order valence-electron chi connectivity index (χ0n) is 14.7. The number of ether oxygens (including phenoxy) is 2. The zero-order valence-corrected chi connectivity index (χ0v) is 14.7. The Balaban J connectivity index is 1.87. The number of hydrogen-bond donors (Lipinski definition) is 1. The third-order valence-electron chi connectivity index (χ3n) is 3.78. The predicted octanol–water partition coefficient (Wildman–Crippen LogP) is 1.98. The number of hydrogen-bond acceptors (Lipinski definition) is 5. The molecule has 0 bridgehead atoms. The molecule has 1 fully saturated rings. The first-order valence-corrected chi connectivity index (χ1v) is 8.14. The van der Waals surface area contributed by atoms with E-state index in [0.717, 1.165) is 12.1 Å². The standard InChI is InChI=1S/C18H26N2O4/c1-18(2,3)24-17(22)19-11-14-12-20(14)15(16(21)23-4)10-13-8-6-5-7-9-13/h5-9,14-15H,10-12H2,1-4H3,(H,19,22)/t14?,15-,20?/m0/s1. The van der Waals surface area contributed by atoms with Gasteiger partial charge in [0.05, 0.1) is 7.11 Å². The molecule has 132 valence electrons. The Hall–Kier alpha value is -2.08. The molecule has 24 heavy (non-hydrogen) atoms. The van der Waals surface area contributed by atoms with Gasteiger partial charge in [0.15, 0.2) is 0 Å². The van der Waals surface area contributed by atoms with Crippen LogP contribution in [0.25, 0.3) is 0 Å². The topological polar surface area (TPSA) is 67.6 Å². The molecule has 0 saturated carbocycles. The van der Waals surface area contributed by atoms with Crippen molar-refractivity contribution < 1.29 is 19.1 Å². The van der Waals surface area contributed by atoms with Crippen LogP contribution in [0.3, 0.4) is 0 Å². The molecule has 1 heterocycles. The number of alkyl carbamates (subject to hydrolysis) is 1. The van der Waals surface area contributed by atoms with Crippen molar-refractivity contribution in [3.05, 3.63) is 35.9 Å². The number of rotatable bonds is 6. The molecule has 0 aromatic heterocycles. The van der Waals surface area contributed by atoms with Gasteiger partial charge in [-0.05, 0) is 32.8 Å². The van der Waals surface area contributed by atoms with Crippen LogP contribution in [0.2, 0.25) is 0 Å². The Kier molecular flexibility index (Phi) is 5.83. The van der Waals surface area contributed by atoms with Crippen LogP contribution in [-0.2, 0) is 20.7 Å². The lowest BCUT2D eigenvalue weighted by molar-refractivity contribution is -0.145. The van der Waals surface area contributed by atoms with Gasteiger partial charge in [-0.3, -0.25) is 9.69 Å². The van der Waals surface area contributed by atoms with E-state index in [1.807, 2.05) is 56.0 Å². The number of benzene rings is 1. The molecule has 3 atom stereocenters. The Labute approximate surface area is 143 Å². The van der Waals surface area contributed by atoms with Crippen LogP contribution in [0.1, 0.15) is 26.3 Å². The van der Waals surface area contributed by atoms with E-state index in [9.17, 15) is 9.59 Å². The van der Waals surface area contributed by atoms with Crippen molar-refractivity contribution in [3.63, 3.8) is 0 Å². The fourth-order valence-electron chi connectivity index (χ4n) is 2.58. The molecule has 6 heteroatoms. The summed E-state index contributed by atoms with van der Waals surface area (Å²) in [7, 11) is 1.40. The molecular weight excluding hydrogens is 308 g/mol. The highest BCUT2D eigenvalue weighted by molar-refractivity contribution is 5.76. The molecule has 1 aliphatic heterocycles. The Morgan fingerprint density at radius 3 is 2.54 bits per heavy atom. The van der Waals surface area contributed by atoms with Crippen molar-refractivity contribution in [1.29, 1.82) is 0 Å². The second kappa shape index (κ2) is 7.66. The van der Waals surface area contributed by atoms with Gasteiger partial charge in [0.2, 0.25) is 0 Å². The minimum Gasteiger partial charge on any atom is -0.468 e. The lowest BCUT2D eigenvalue weighted by atomic mass is 10.1. The van der Waals surface area contributed by atoms with Gasteiger partial charge in [-0.25, -0.2) is 4.79 Å². The number of nitrogens with zero attached hydrogens (tertiary/aromatic N) is 1. The van der Waals surface area contributed by atoms with Crippen LogP contribution >= 0.6 is 0 Å². The molecule has 0 radical (unpaired) electrons. The monoisotopic (exact) mass is 334 g/mol. The summed E-state index contributed by atoms with van der Waals surface area (Å²) in [6.45, 7) is 6.68. The van der Waals surface area contributed by atoms with Gasteiger partial charge in [-0.15, -0.1) is 0 Å². The van der Waals surface area contributed by atoms with Gasteiger partial charge in [-0.2, -0.15) is 0 Å². The number of carbonyl (C=O) groups is 2. The molecule has 6 nitrogen and oxygen atoms in total. The Morgan fingerprint density at radius 1 is 1.29 bits per heavy atom. The Bertz CT molecular complexity index is 568. The normalized spacial score (nSPS) is 20.8. The first kappa shape index (κ1) is 18.3. The molecular formula is C18H26N2O4. The van der Waals surface area contributed by atoms with Gasteiger partial charge in [-0.1, -0.05) is 30.3 Å². The third-order valence-corrected chi connectivity index (χ3v) is 3.78. The van der Waals surface area contributed by atoms with Gasteiger partial charge in [0, 0.05) is 19.1 Å². The average Bonchev–Trinajstić information content (AvgIpc) is 3.28. The lowest BCUT2D eigenvalue weighted by Gasteiger charge is -2.20. The van der Waals surface area contributed by atoms with E-state index in [2.05, 4.69) is 5.32 Å². The van der Waals surface area contributed by atoms with Crippen molar-refractivity contribution in [2.45, 2.75) is 44.9 Å². The smallest absolute Gasteiger partial charge is 0.407 e. The maximum Gasteiger partial charge on any atom is 0.407 e. The molecule has 1 aliphatic rings. The van der Waals surface area contributed by atoms with Gasteiger partial charge in [0.25, 0.3) is 0 Å². The highest BCUT2D eigenvalue weighted by atomic mass is 16.6. The van der Waals surface area contributed by atoms with E-state index in [1.165, 1.54) is 7.11 Å². The van der Waals surface area contributed by atoms with Crippen LogP contribution in [-0.4, -0.2) is 54.8 Å². The van der Waals surface area contributed by atoms with Crippen molar-refractivity contribution in [2.75, 3.05) is 20.2 Å². The molecule has 1 N–H and O–H groups in total. The highest BCUT2D eigenvalue weighted by Crippen LogP contribution is 2.24. The van der Waals surface area contributed by atoms with E-state index in [0.29, 0.717) is 13.0 Å². The second-order valence-electron chi connectivity index (χ2n) is 6.96. The largest absolute Gasteiger partial charge is 0.468 e. The van der Waals surface area contributed by atoms with E-state index in [4.69, 9.17) is 9.47 Å². The van der Waals surface area contributed by atoms with Gasteiger partial charge < -0.3 is 14.8 Å². The van der Waals surface area contributed by atoms with Crippen molar-refractivity contribution in [1.82, 2.24) is 10.2 Å². The van der Waals surface area contributed by atoms with Crippen molar-refractivity contribution in [3.8, 4) is 0 Å². The number of methoxy groups -OCH3 is 1. The van der Waals surface area contributed by atoms with Crippen molar-refractivity contribution in [2.24, 2.45) is 0 Å². The molecule has 1 aromatic rings. The van der Waals surface area contributed by atoms with Crippen LogP contribution in [0.5, 0.6) is 0 Å². The summed E-state index contributed by atoms with van der Waals surface area (Å²) in [5.41, 5.74) is 0.563.